The lowest BCUT2D eigenvalue weighted by Gasteiger charge is -2.15. The van der Waals surface area contributed by atoms with Gasteiger partial charge < -0.3 is 14.2 Å². The van der Waals surface area contributed by atoms with Crippen LogP contribution in [0.5, 0.6) is 11.5 Å². The summed E-state index contributed by atoms with van der Waals surface area (Å²) in [7, 11) is 1.21. The van der Waals surface area contributed by atoms with E-state index in [1.54, 1.807) is 22.6 Å². The molecule has 0 aliphatic heterocycles. The Labute approximate surface area is 120 Å². The van der Waals surface area contributed by atoms with E-state index < -0.39 is 23.6 Å². The first kappa shape index (κ1) is 15.8. The van der Waals surface area contributed by atoms with Crippen molar-refractivity contribution in [1.82, 2.24) is 4.98 Å². The van der Waals surface area contributed by atoms with Crippen molar-refractivity contribution < 1.29 is 32.2 Å². The molecule has 0 bridgehead atoms. The minimum absolute atomic E-state index is 0.00630. The van der Waals surface area contributed by atoms with Gasteiger partial charge in [0.15, 0.2) is 11.5 Å². The molecule has 19 heavy (non-hydrogen) atoms. The first-order valence-electron chi connectivity index (χ1n) is 4.95. The van der Waals surface area contributed by atoms with Gasteiger partial charge in [-0.15, -0.1) is 13.2 Å². The average molecular weight is 391 g/mol. The van der Waals surface area contributed by atoms with Gasteiger partial charge in [-0.2, -0.15) is 0 Å². The van der Waals surface area contributed by atoms with Gasteiger partial charge in [0, 0.05) is 0 Å². The largest absolute Gasteiger partial charge is 0.573 e. The van der Waals surface area contributed by atoms with Gasteiger partial charge in [0.1, 0.15) is 9.26 Å². The molecule has 0 aliphatic rings. The molecule has 1 aromatic heterocycles. The topological polar surface area (TPSA) is 57.7 Å². The molecule has 5 nitrogen and oxygen atoms in total. The van der Waals surface area contributed by atoms with E-state index in [2.05, 4.69) is 14.5 Å². The van der Waals surface area contributed by atoms with Crippen LogP contribution >= 0.6 is 22.6 Å². The van der Waals surface area contributed by atoms with Crippen molar-refractivity contribution >= 4 is 28.6 Å². The lowest BCUT2D eigenvalue weighted by atomic mass is 10.2. The number of methoxy groups -OCH3 is 1. The minimum atomic E-state index is -4.94. The summed E-state index contributed by atoms with van der Waals surface area (Å²) in [5, 5.41) is 0. The Morgan fingerprint density at radius 1 is 1.47 bits per heavy atom. The molecule has 1 rings (SSSR count). The second-order valence-electron chi connectivity index (χ2n) is 3.09. The van der Waals surface area contributed by atoms with Gasteiger partial charge in [-0.05, 0) is 29.5 Å². The zero-order chi connectivity index (χ0) is 14.6. The molecule has 0 spiro atoms. The molecule has 1 aromatic rings. The van der Waals surface area contributed by atoms with Crippen molar-refractivity contribution in [2.75, 3.05) is 13.7 Å². The fourth-order valence-electron chi connectivity index (χ4n) is 1.24. The third kappa shape index (κ3) is 4.11. The molecule has 1 heterocycles. The number of aromatic nitrogens is 1. The maximum atomic E-state index is 12.3. The van der Waals surface area contributed by atoms with E-state index in [0.29, 0.717) is 0 Å². The Balaban J connectivity index is 3.34. The van der Waals surface area contributed by atoms with E-state index in [4.69, 9.17) is 4.74 Å². The SMILES string of the molecule is CCOC(=O)c1c(OC(F)(F)F)cnc(I)c1OC. The molecule has 0 N–H and O–H groups in total. The molecule has 9 heteroatoms. The Kier molecular flexibility index (Phi) is 5.20. The summed E-state index contributed by atoms with van der Waals surface area (Å²) < 4.78 is 50.3. The van der Waals surface area contributed by atoms with Gasteiger partial charge in [-0.1, -0.05) is 0 Å². The normalized spacial score (nSPS) is 11.1. The van der Waals surface area contributed by atoms with Crippen LogP contribution in [0.2, 0.25) is 0 Å². The third-order valence-corrected chi connectivity index (χ3v) is 2.63. The average Bonchev–Trinajstić information content (AvgIpc) is 2.29. The molecule has 0 saturated heterocycles. The van der Waals surface area contributed by atoms with Gasteiger partial charge in [-0.3, -0.25) is 0 Å². The number of hydrogen-bond acceptors (Lipinski definition) is 5. The third-order valence-electron chi connectivity index (χ3n) is 1.87. The summed E-state index contributed by atoms with van der Waals surface area (Å²) in [5.41, 5.74) is -0.443. The summed E-state index contributed by atoms with van der Waals surface area (Å²) in [6.45, 7) is 1.53. The van der Waals surface area contributed by atoms with Crippen molar-refractivity contribution in [2.45, 2.75) is 13.3 Å². The molecule has 0 saturated carbocycles. The van der Waals surface area contributed by atoms with Crippen molar-refractivity contribution in [3.8, 4) is 11.5 Å². The number of ether oxygens (including phenoxy) is 3. The van der Waals surface area contributed by atoms with E-state index >= 15 is 0 Å². The van der Waals surface area contributed by atoms with Crippen LogP contribution in [-0.2, 0) is 4.74 Å². The van der Waals surface area contributed by atoms with E-state index in [1.807, 2.05) is 0 Å². The van der Waals surface area contributed by atoms with E-state index in [1.165, 1.54) is 14.0 Å². The van der Waals surface area contributed by atoms with E-state index in [-0.39, 0.29) is 16.1 Å². The Hall–Kier alpha value is -1.26. The predicted molar refractivity (Wildman–Crippen MR) is 66.1 cm³/mol. The first-order valence-corrected chi connectivity index (χ1v) is 6.03. The van der Waals surface area contributed by atoms with Crippen molar-refractivity contribution in [1.29, 1.82) is 0 Å². The quantitative estimate of drug-likeness (QED) is 0.449. The van der Waals surface area contributed by atoms with Gasteiger partial charge >= 0.3 is 12.3 Å². The van der Waals surface area contributed by atoms with E-state index in [0.717, 1.165) is 6.20 Å². The fourth-order valence-corrected chi connectivity index (χ4v) is 1.87. The summed E-state index contributed by atoms with van der Waals surface area (Å²) in [5.74, 6) is -1.86. The van der Waals surface area contributed by atoms with Gasteiger partial charge in [-0.25, -0.2) is 9.78 Å². The van der Waals surface area contributed by atoms with E-state index in [9.17, 15) is 18.0 Å². The highest BCUT2D eigenvalue weighted by molar-refractivity contribution is 14.1. The molecule has 0 atom stereocenters. The predicted octanol–water partition coefficient (Wildman–Crippen LogP) is 2.77. The van der Waals surface area contributed by atoms with Crippen molar-refractivity contribution in [3.63, 3.8) is 0 Å². The minimum Gasteiger partial charge on any atom is -0.493 e. The lowest BCUT2D eigenvalue weighted by Crippen LogP contribution is -2.20. The number of halogens is 4. The summed E-state index contributed by atoms with van der Waals surface area (Å²) >= 11 is 1.72. The number of hydrogen-bond donors (Lipinski definition) is 0. The lowest BCUT2D eigenvalue weighted by molar-refractivity contribution is -0.274. The van der Waals surface area contributed by atoms with Crippen molar-refractivity contribution in [2.24, 2.45) is 0 Å². The number of rotatable bonds is 4. The summed E-state index contributed by atoms with van der Waals surface area (Å²) in [6, 6.07) is 0. The number of pyridine rings is 1. The Morgan fingerprint density at radius 2 is 2.11 bits per heavy atom. The summed E-state index contributed by atoms with van der Waals surface area (Å²) in [6.07, 6.45) is -4.15. The van der Waals surface area contributed by atoms with Crippen LogP contribution in [-0.4, -0.2) is 31.0 Å². The number of nitrogens with zero attached hydrogens (tertiary/aromatic N) is 1. The number of carbonyl (C=O) groups is 1. The maximum absolute atomic E-state index is 12.3. The number of carbonyl (C=O) groups excluding carboxylic acids is 1. The van der Waals surface area contributed by atoms with Gasteiger partial charge in [0.2, 0.25) is 0 Å². The maximum Gasteiger partial charge on any atom is 0.573 e. The molecule has 0 aromatic carbocycles. The van der Waals surface area contributed by atoms with Crippen LogP contribution < -0.4 is 9.47 Å². The molecular weight excluding hydrogens is 382 g/mol. The molecule has 0 radical (unpaired) electrons. The second-order valence-corrected chi connectivity index (χ2v) is 4.11. The molecule has 0 amide bonds. The smallest absolute Gasteiger partial charge is 0.493 e. The van der Waals surface area contributed by atoms with Gasteiger partial charge in [0.05, 0.1) is 19.9 Å². The highest BCUT2D eigenvalue weighted by atomic mass is 127. The Bertz CT molecular complexity index is 479. The van der Waals surface area contributed by atoms with Crippen molar-refractivity contribution in [3.05, 3.63) is 15.5 Å². The zero-order valence-corrected chi connectivity index (χ0v) is 12.0. The van der Waals surface area contributed by atoms with Gasteiger partial charge in [0.25, 0.3) is 0 Å². The zero-order valence-electron chi connectivity index (χ0n) is 9.88. The second kappa shape index (κ2) is 6.26. The molecular formula is C10H9F3INO4. The molecule has 0 unspecified atom stereocenters. The Morgan fingerprint density at radius 3 is 2.58 bits per heavy atom. The molecule has 106 valence electrons. The van der Waals surface area contributed by atoms with Crippen LogP contribution in [0, 0.1) is 3.70 Å². The molecule has 0 fully saturated rings. The summed E-state index contributed by atoms with van der Waals surface area (Å²) in [4.78, 5) is 15.4. The van der Waals surface area contributed by atoms with Crippen LogP contribution in [0.15, 0.2) is 6.20 Å². The molecule has 0 aliphatic carbocycles. The highest BCUT2D eigenvalue weighted by Gasteiger charge is 2.35. The fraction of sp³-hybridized carbons (Fsp3) is 0.400. The van der Waals surface area contributed by atoms with Crippen LogP contribution in [0.3, 0.4) is 0 Å². The van der Waals surface area contributed by atoms with Crippen LogP contribution in [0.25, 0.3) is 0 Å². The number of esters is 1. The van der Waals surface area contributed by atoms with Crippen LogP contribution in [0.1, 0.15) is 17.3 Å². The highest BCUT2D eigenvalue weighted by Crippen LogP contribution is 2.34. The monoisotopic (exact) mass is 391 g/mol. The first-order chi connectivity index (χ1) is 8.80. The standard InChI is InChI=1S/C10H9F3INO4/c1-3-18-9(16)6-5(19-10(11,12)13)4-15-8(14)7(6)17-2/h4H,3H2,1-2H3. The number of alkyl halides is 3. The van der Waals surface area contributed by atoms with Crippen LogP contribution in [0.4, 0.5) is 13.2 Å².